The van der Waals surface area contributed by atoms with Crippen molar-refractivity contribution in [2.45, 2.75) is 6.54 Å². The molecule has 0 unspecified atom stereocenters. The second kappa shape index (κ2) is 7.88. The number of halogens is 1. The number of methoxy groups -OCH3 is 2. The number of nitrogens with one attached hydrogen (secondary N) is 1. The van der Waals surface area contributed by atoms with Crippen LogP contribution in [0.4, 0.5) is 5.69 Å². The zero-order chi connectivity index (χ0) is 18.5. The van der Waals surface area contributed by atoms with Gasteiger partial charge in [-0.1, -0.05) is 29.8 Å². The van der Waals surface area contributed by atoms with Gasteiger partial charge < -0.3 is 14.8 Å². The van der Waals surface area contributed by atoms with Gasteiger partial charge in [0, 0.05) is 11.8 Å². The third-order valence-corrected chi connectivity index (χ3v) is 3.87. The van der Waals surface area contributed by atoms with Crippen LogP contribution >= 0.6 is 11.6 Å². The van der Waals surface area contributed by atoms with Crippen molar-refractivity contribution in [1.29, 1.82) is 0 Å². The molecule has 0 saturated heterocycles. The Labute approximate surface area is 155 Å². The molecule has 3 aromatic rings. The minimum Gasteiger partial charge on any atom is -0.493 e. The van der Waals surface area contributed by atoms with E-state index in [0.29, 0.717) is 23.7 Å². The van der Waals surface area contributed by atoms with Crippen LogP contribution in [0.3, 0.4) is 0 Å². The lowest BCUT2D eigenvalue weighted by Crippen LogP contribution is -2.13. The fourth-order valence-electron chi connectivity index (χ4n) is 2.50. The van der Waals surface area contributed by atoms with E-state index >= 15 is 0 Å². The summed E-state index contributed by atoms with van der Waals surface area (Å²) >= 11 is 5.81. The minimum atomic E-state index is -0.356. The third kappa shape index (κ3) is 3.94. The van der Waals surface area contributed by atoms with Gasteiger partial charge in [-0.3, -0.25) is 9.48 Å². The standard InChI is InChI=1S/C18H17ClN4O3/c1-25-15-7-3-5-12(17(15)26-2)10-23-11-13(9-20-23)21-18(24)14-6-4-8-16(19)22-14/h3-9,11H,10H2,1-2H3,(H,21,24). The van der Waals surface area contributed by atoms with Crippen LogP contribution in [0.25, 0.3) is 0 Å². The van der Waals surface area contributed by atoms with Gasteiger partial charge in [-0.15, -0.1) is 0 Å². The molecule has 0 aliphatic carbocycles. The molecule has 2 heterocycles. The molecule has 0 fully saturated rings. The Bertz CT molecular complexity index is 926. The highest BCUT2D eigenvalue weighted by molar-refractivity contribution is 6.29. The quantitative estimate of drug-likeness (QED) is 0.672. The minimum absolute atomic E-state index is 0.236. The van der Waals surface area contributed by atoms with Crippen molar-refractivity contribution in [2.75, 3.05) is 19.5 Å². The summed E-state index contributed by atoms with van der Waals surface area (Å²) in [5.74, 6) is 0.947. The fraction of sp³-hybridized carbons (Fsp3) is 0.167. The number of hydrogen-bond acceptors (Lipinski definition) is 5. The number of benzene rings is 1. The number of anilines is 1. The monoisotopic (exact) mass is 372 g/mol. The number of ether oxygens (including phenoxy) is 2. The van der Waals surface area contributed by atoms with Crippen molar-refractivity contribution in [3.05, 3.63) is 65.2 Å². The molecular weight excluding hydrogens is 356 g/mol. The number of para-hydroxylation sites is 1. The molecule has 26 heavy (non-hydrogen) atoms. The zero-order valence-electron chi connectivity index (χ0n) is 14.3. The van der Waals surface area contributed by atoms with E-state index < -0.39 is 0 Å². The summed E-state index contributed by atoms with van der Waals surface area (Å²) in [6, 6.07) is 10.5. The van der Waals surface area contributed by atoms with Crippen LogP contribution in [-0.2, 0) is 6.54 Å². The number of nitrogens with zero attached hydrogens (tertiary/aromatic N) is 3. The first-order valence-electron chi connectivity index (χ1n) is 7.77. The Morgan fingerprint density at radius 1 is 1.19 bits per heavy atom. The van der Waals surface area contributed by atoms with Crippen LogP contribution in [0.5, 0.6) is 11.5 Å². The molecule has 0 saturated carbocycles. The molecule has 3 rings (SSSR count). The highest BCUT2D eigenvalue weighted by Crippen LogP contribution is 2.31. The van der Waals surface area contributed by atoms with Crippen LogP contribution < -0.4 is 14.8 Å². The maximum atomic E-state index is 12.2. The van der Waals surface area contributed by atoms with Crippen molar-refractivity contribution < 1.29 is 14.3 Å². The maximum absolute atomic E-state index is 12.2. The lowest BCUT2D eigenvalue weighted by Gasteiger charge is -2.12. The van der Waals surface area contributed by atoms with Gasteiger partial charge in [0.1, 0.15) is 10.8 Å². The van der Waals surface area contributed by atoms with Crippen LogP contribution in [0.2, 0.25) is 5.15 Å². The molecule has 2 aromatic heterocycles. The van der Waals surface area contributed by atoms with Gasteiger partial charge in [-0.05, 0) is 18.2 Å². The van der Waals surface area contributed by atoms with Crippen molar-refractivity contribution in [2.24, 2.45) is 0 Å². The maximum Gasteiger partial charge on any atom is 0.274 e. The summed E-state index contributed by atoms with van der Waals surface area (Å²) in [6.45, 7) is 0.464. The summed E-state index contributed by atoms with van der Waals surface area (Å²) in [7, 11) is 3.18. The Morgan fingerprint density at radius 2 is 2.00 bits per heavy atom. The smallest absolute Gasteiger partial charge is 0.274 e. The summed E-state index contributed by atoms with van der Waals surface area (Å²) in [5, 5.41) is 7.27. The Hall–Kier alpha value is -3.06. The summed E-state index contributed by atoms with van der Waals surface area (Å²) in [4.78, 5) is 16.2. The van der Waals surface area contributed by atoms with Crippen molar-refractivity contribution in [1.82, 2.24) is 14.8 Å². The van der Waals surface area contributed by atoms with Gasteiger partial charge in [0.25, 0.3) is 5.91 Å². The first-order chi connectivity index (χ1) is 12.6. The number of pyridine rings is 1. The second-order valence-electron chi connectivity index (χ2n) is 5.38. The van der Waals surface area contributed by atoms with Crippen LogP contribution in [0.15, 0.2) is 48.8 Å². The highest BCUT2D eigenvalue weighted by Gasteiger charge is 2.12. The molecule has 1 amide bonds. The van der Waals surface area contributed by atoms with Gasteiger partial charge in [-0.25, -0.2) is 4.98 Å². The van der Waals surface area contributed by atoms with Crippen LogP contribution in [-0.4, -0.2) is 34.9 Å². The van der Waals surface area contributed by atoms with E-state index in [9.17, 15) is 4.79 Å². The fourth-order valence-corrected chi connectivity index (χ4v) is 2.66. The first kappa shape index (κ1) is 17.8. The predicted molar refractivity (Wildman–Crippen MR) is 98.1 cm³/mol. The molecule has 0 aliphatic rings. The van der Waals surface area contributed by atoms with Gasteiger partial charge in [-0.2, -0.15) is 5.10 Å². The van der Waals surface area contributed by atoms with Gasteiger partial charge >= 0.3 is 0 Å². The SMILES string of the molecule is COc1cccc(Cn2cc(NC(=O)c3cccc(Cl)n3)cn2)c1OC. The number of carbonyl (C=O) groups excluding carboxylic acids is 1. The van der Waals surface area contributed by atoms with E-state index in [-0.39, 0.29) is 16.8 Å². The van der Waals surface area contributed by atoms with E-state index in [4.69, 9.17) is 21.1 Å². The van der Waals surface area contributed by atoms with Crippen molar-refractivity contribution >= 4 is 23.2 Å². The van der Waals surface area contributed by atoms with E-state index in [1.165, 1.54) is 0 Å². The van der Waals surface area contributed by atoms with E-state index in [0.717, 1.165) is 5.56 Å². The molecule has 1 aromatic carbocycles. The molecule has 1 N–H and O–H groups in total. The molecule has 7 nitrogen and oxygen atoms in total. The zero-order valence-corrected chi connectivity index (χ0v) is 15.0. The topological polar surface area (TPSA) is 78.3 Å². The molecule has 0 spiro atoms. The van der Waals surface area contributed by atoms with E-state index in [1.54, 1.807) is 49.5 Å². The summed E-state index contributed by atoms with van der Waals surface area (Å²) < 4.78 is 12.4. The molecule has 0 atom stereocenters. The van der Waals surface area contributed by atoms with Crippen LogP contribution in [0, 0.1) is 0 Å². The summed E-state index contributed by atoms with van der Waals surface area (Å²) in [5.41, 5.74) is 1.70. The van der Waals surface area contributed by atoms with Crippen molar-refractivity contribution in [3.8, 4) is 11.5 Å². The number of aromatic nitrogens is 3. The molecule has 134 valence electrons. The summed E-state index contributed by atoms with van der Waals surface area (Å²) in [6.07, 6.45) is 3.29. The molecule has 0 radical (unpaired) electrons. The molecule has 0 aliphatic heterocycles. The van der Waals surface area contributed by atoms with Crippen molar-refractivity contribution in [3.63, 3.8) is 0 Å². The van der Waals surface area contributed by atoms with E-state index in [2.05, 4.69) is 15.4 Å². The normalized spacial score (nSPS) is 10.4. The number of amides is 1. The Morgan fingerprint density at radius 3 is 2.73 bits per heavy atom. The highest BCUT2D eigenvalue weighted by atomic mass is 35.5. The van der Waals surface area contributed by atoms with Gasteiger partial charge in [0.2, 0.25) is 0 Å². The largest absolute Gasteiger partial charge is 0.493 e. The molecule has 8 heteroatoms. The number of hydrogen-bond donors (Lipinski definition) is 1. The predicted octanol–water partition coefficient (Wildman–Crippen LogP) is 3.25. The number of rotatable bonds is 6. The Balaban J connectivity index is 1.74. The van der Waals surface area contributed by atoms with E-state index in [1.807, 2.05) is 18.2 Å². The second-order valence-corrected chi connectivity index (χ2v) is 5.77. The third-order valence-electron chi connectivity index (χ3n) is 3.66. The van der Waals surface area contributed by atoms with Gasteiger partial charge in [0.05, 0.1) is 32.6 Å². The van der Waals surface area contributed by atoms with Gasteiger partial charge in [0.15, 0.2) is 11.5 Å². The van der Waals surface area contributed by atoms with Crippen LogP contribution in [0.1, 0.15) is 16.1 Å². The number of carbonyl (C=O) groups is 1. The molecule has 0 bridgehead atoms. The Kier molecular flexibility index (Phi) is 5.38. The lowest BCUT2D eigenvalue weighted by atomic mass is 10.2. The lowest BCUT2D eigenvalue weighted by molar-refractivity contribution is 0.102. The first-order valence-corrected chi connectivity index (χ1v) is 8.14. The average molecular weight is 373 g/mol. The molecular formula is C18H17ClN4O3. The average Bonchev–Trinajstić information content (AvgIpc) is 3.08.